The lowest BCUT2D eigenvalue weighted by molar-refractivity contribution is -0.114. The molecule has 0 heterocycles. The highest BCUT2D eigenvalue weighted by atomic mass is 32.2. The molecule has 0 saturated heterocycles. The molecule has 2 rings (SSSR count). The van der Waals surface area contributed by atoms with Crippen LogP contribution in [-0.4, -0.2) is 14.3 Å². The summed E-state index contributed by atoms with van der Waals surface area (Å²) in [6.45, 7) is 8.61. The number of carbonyl (C=O) groups is 1. The highest BCUT2D eigenvalue weighted by Gasteiger charge is 2.22. The number of anilines is 1. The molecule has 0 aromatic heterocycles. The van der Waals surface area contributed by atoms with Gasteiger partial charge in [0.15, 0.2) is 0 Å². The lowest BCUT2D eigenvalue weighted by Crippen LogP contribution is -2.14. The van der Waals surface area contributed by atoms with Crippen LogP contribution in [0.3, 0.4) is 0 Å². The Morgan fingerprint density at radius 3 is 2.08 bits per heavy atom. The van der Waals surface area contributed by atoms with Gasteiger partial charge in [0.2, 0.25) is 5.91 Å². The van der Waals surface area contributed by atoms with Gasteiger partial charge in [-0.15, -0.1) is 0 Å². The standard InChI is InChI=1S/C18H21NO4S/c1-11-8-13(3)18(14(4)9-11)23-24(21,22)17-10-16(19-15(5)20)7-6-12(17)2/h6-10H,1-5H3,(H,19,20). The minimum Gasteiger partial charge on any atom is -0.378 e. The maximum atomic E-state index is 12.7. The van der Waals surface area contributed by atoms with E-state index in [-0.39, 0.29) is 10.8 Å². The number of hydrogen-bond donors (Lipinski definition) is 1. The van der Waals surface area contributed by atoms with E-state index in [2.05, 4.69) is 5.32 Å². The molecular weight excluding hydrogens is 326 g/mol. The van der Waals surface area contributed by atoms with Gasteiger partial charge in [-0.3, -0.25) is 4.79 Å². The molecule has 6 heteroatoms. The molecule has 0 aliphatic carbocycles. The fourth-order valence-corrected chi connectivity index (χ4v) is 3.91. The topological polar surface area (TPSA) is 72.5 Å². The lowest BCUT2D eigenvalue weighted by Gasteiger charge is -2.15. The van der Waals surface area contributed by atoms with E-state index in [1.54, 1.807) is 19.1 Å². The van der Waals surface area contributed by atoms with Crippen LogP contribution in [-0.2, 0) is 14.9 Å². The second kappa shape index (κ2) is 6.65. The molecule has 0 spiro atoms. The summed E-state index contributed by atoms with van der Waals surface area (Å²) in [4.78, 5) is 11.2. The van der Waals surface area contributed by atoms with Crippen molar-refractivity contribution in [3.63, 3.8) is 0 Å². The molecule has 0 bridgehead atoms. The molecule has 128 valence electrons. The summed E-state index contributed by atoms with van der Waals surface area (Å²) in [7, 11) is -4.01. The lowest BCUT2D eigenvalue weighted by atomic mass is 10.1. The van der Waals surface area contributed by atoms with E-state index in [1.807, 2.05) is 32.9 Å². The fourth-order valence-electron chi connectivity index (χ4n) is 2.60. The van der Waals surface area contributed by atoms with Gasteiger partial charge in [0.25, 0.3) is 0 Å². The number of benzene rings is 2. The first kappa shape index (κ1) is 18.0. The monoisotopic (exact) mass is 347 g/mol. The molecule has 2 aromatic rings. The number of amides is 1. The smallest absolute Gasteiger partial charge is 0.339 e. The number of rotatable bonds is 4. The normalized spacial score (nSPS) is 11.2. The van der Waals surface area contributed by atoms with E-state index in [4.69, 9.17) is 4.18 Å². The Hall–Kier alpha value is -2.34. The quantitative estimate of drug-likeness (QED) is 0.857. The van der Waals surface area contributed by atoms with Crippen molar-refractivity contribution < 1.29 is 17.4 Å². The number of nitrogens with one attached hydrogen (secondary N) is 1. The van der Waals surface area contributed by atoms with Crippen LogP contribution in [0.4, 0.5) is 5.69 Å². The third kappa shape index (κ3) is 3.94. The predicted molar refractivity (Wildman–Crippen MR) is 93.9 cm³/mol. The van der Waals surface area contributed by atoms with Gasteiger partial charge in [0, 0.05) is 12.6 Å². The third-order valence-electron chi connectivity index (χ3n) is 3.58. The van der Waals surface area contributed by atoms with Crippen LogP contribution in [0, 0.1) is 27.7 Å². The first-order chi connectivity index (χ1) is 11.1. The van der Waals surface area contributed by atoms with Gasteiger partial charge < -0.3 is 9.50 Å². The zero-order valence-electron chi connectivity index (χ0n) is 14.4. The number of carbonyl (C=O) groups excluding carboxylic acids is 1. The van der Waals surface area contributed by atoms with Gasteiger partial charge in [0.1, 0.15) is 10.6 Å². The summed E-state index contributed by atoms with van der Waals surface area (Å²) in [5.41, 5.74) is 3.51. The zero-order valence-corrected chi connectivity index (χ0v) is 15.2. The van der Waals surface area contributed by atoms with Crippen molar-refractivity contribution in [2.24, 2.45) is 0 Å². The van der Waals surface area contributed by atoms with E-state index < -0.39 is 10.1 Å². The van der Waals surface area contributed by atoms with E-state index in [0.717, 1.165) is 16.7 Å². The van der Waals surface area contributed by atoms with Crippen LogP contribution >= 0.6 is 0 Å². The summed E-state index contributed by atoms with van der Waals surface area (Å²) in [6, 6.07) is 8.44. The van der Waals surface area contributed by atoms with Gasteiger partial charge in [-0.1, -0.05) is 23.8 Å². The van der Waals surface area contributed by atoms with Crippen LogP contribution in [0.2, 0.25) is 0 Å². The van der Waals surface area contributed by atoms with Crippen molar-refractivity contribution in [2.45, 2.75) is 39.5 Å². The highest BCUT2D eigenvalue weighted by Crippen LogP contribution is 2.29. The maximum absolute atomic E-state index is 12.7. The SMILES string of the molecule is CC(=O)Nc1ccc(C)c(S(=O)(=O)Oc2c(C)cc(C)cc2C)c1. The molecule has 0 aliphatic rings. The Balaban J connectivity index is 2.46. The van der Waals surface area contributed by atoms with Gasteiger partial charge in [-0.25, -0.2) is 0 Å². The summed E-state index contributed by atoms with van der Waals surface area (Å²) in [6.07, 6.45) is 0. The minimum absolute atomic E-state index is 0.0353. The zero-order chi connectivity index (χ0) is 18.1. The number of aryl methyl sites for hydroxylation is 4. The van der Waals surface area contributed by atoms with Crippen LogP contribution < -0.4 is 9.50 Å². The van der Waals surface area contributed by atoms with Crippen LogP contribution in [0.15, 0.2) is 35.2 Å². The predicted octanol–water partition coefficient (Wildman–Crippen LogP) is 3.65. The Kier molecular flexibility index (Phi) is 4.99. The molecule has 0 radical (unpaired) electrons. The van der Waals surface area contributed by atoms with Gasteiger partial charge >= 0.3 is 10.1 Å². The van der Waals surface area contributed by atoms with Crippen LogP contribution in [0.25, 0.3) is 0 Å². The van der Waals surface area contributed by atoms with Gasteiger partial charge in [-0.05, 0) is 56.5 Å². The fraction of sp³-hybridized carbons (Fsp3) is 0.278. The Labute approximate surface area is 142 Å². The highest BCUT2D eigenvalue weighted by molar-refractivity contribution is 7.87. The van der Waals surface area contributed by atoms with E-state index >= 15 is 0 Å². The summed E-state index contributed by atoms with van der Waals surface area (Å²) in [5.74, 6) is 0.0678. The first-order valence-corrected chi connectivity index (χ1v) is 8.91. The molecule has 0 aliphatic heterocycles. The number of hydrogen-bond acceptors (Lipinski definition) is 4. The Bertz CT molecular complexity index is 878. The molecule has 0 saturated carbocycles. The van der Waals surface area contributed by atoms with Crippen molar-refractivity contribution in [1.29, 1.82) is 0 Å². The summed E-state index contributed by atoms with van der Waals surface area (Å²) >= 11 is 0. The third-order valence-corrected chi connectivity index (χ3v) is 4.94. The minimum atomic E-state index is -4.01. The Morgan fingerprint density at radius 1 is 0.958 bits per heavy atom. The molecule has 5 nitrogen and oxygen atoms in total. The molecule has 1 amide bonds. The van der Waals surface area contributed by atoms with Gasteiger partial charge in [0.05, 0.1) is 0 Å². The summed E-state index contributed by atoms with van der Waals surface area (Å²) < 4.78 is 30.8. The molecule has 24 heavy (non-hydrogen) atoms. The molecule has 1 N–H and O–H groups in total. The van der Waals surface area contributed by atoms with E-state index in [9.17, 15) is 13.2 Å². The first-order valence-electron chi connectivity index (χ1n) is 7.51. The average Bonchev–Trinajstić information content (AvgIpc) is 2.44. The van der Waals surface area contributed by atoms with E-state index in [0.29, 0.717) is 17.0 Å². The van der Waals surface area contributed by atoms with Gasteiger partial charge in [-0.2, -0.15) is 8.42 Å². The van der Waals surface area contributed by atoms with Crippen molar-refractivity contribution in [3.05, 3.63) is 52.6 Å². The summed E-state index contributed by atoms with van der Waals surface area (Å²) in [5, 5.41) is 2.58. The van der Waals surface area contributed by atoms with Crippen LogP contribution in [0.1, 0.15) is 29.2 Å². The van der Waals surface area contributed by atoms with Crippen LogP contribution in [0.5, 0.6) is 5.75 Å². The van der Waals surface area contributed by atoms with Crippen molar-refractivity contribution >= 4 is 21.7 Å². The van der Waals surface area contributed by atoms with Crippen molar-refractivity contribution in [3.8, 4) is 5.75 Å². The van der Waals surface area contributed by atoms with Crippen molar-refractivity contribution in [2.75, 3.05) is 5.32 Å². The largest absolute Gasteiger partial charge is 0.378 e. The molecule has 0 fully saturated rings. The average molecular weight is 347 g/mol. The molecule has 0 unspecified atom stereocenters. The van der Waals surface area contributed by atoms with Crippen molar-refractivity contribution in [1.82, 2.24) is 0 Å². The maximum Gasteiger partial charge on any atom is 0.339 e. The molecular formula is C18H21NO4S. The second-order valence-electron chi connectivity index (χ2n) is 5.93. The molecule has 0 atom stereocenters. The van der Waals surface area contributed by atoms with E-state index in [1.165, 1.54) is 13.0 Å². The Morgan fingerprint density at radius 2 is 1.54 bits per heavy atom. The second-order valence-corrected chi connectivity index (χ2v) is 7.44. The molecule has 2 aromatic carbocycles.